The van der Waals surface area contributed by atoms with Crippen LogP contribution >= 0.6 is 0 Å². The minimum atomic E-state index is -4.17. The number of anilines is 1. The monoisotopic (exact) mass is 499 g/mol. The lowest BCUT2D eigenvalue weighted by molar-refractivity contribution is -0.119. The van der Waals surface area contributed by atoms with Gasteiger partial charge >= 0.3 is 0 Å². The number of amides is 1. The number of rotatable bonds is 10. The molecule has 3 aromatic rings. The molecule has 0 aliphatic heterocycles. The number of methoxy groups -OCH3 is 3. The minimum absolute atomic E-state index is 0.0865. The largest absolute Gasteiger partial charge is 0.504 e. The number of hydrogen-bond acceptors (Lipinski definition) is 8. The van der Waals surface area contributed by atoms with E-state index in [0.717, 1.165) is 4.31 Å². The van der Waals surface area contributed by atoms with Crippen molar-refractivity contribution in [2.24, 2.45) is 5.10 Å². The lowest BCUT2D eigenvalue weighted by Crippen LogP contribution is -2.39. The van der Waals surface area contributed by atoms with Crippen LogP contribution in [0, 0.1) is 0 Å². The quantitative estimate of drug-likeness (QED) is 0.324. The fourth-order valence-electron chi connectivity index (χ4n) is 3.16. The van der Waals surface area contributed by atoms with Gasteiger partial charge in [0, 0.05) is 11.6 Å². The first-order valence-corrected chi connectivity index (χ1v) is 11.7. The normalized spacial score (nSPS) is 11.2. The van der Waals surface area contributed by atoms with Crippen molar-refractivity contribution in [2.45, 2.75) is 4.90 Å². The second-order valence-corrected chi connectivity index (χ2v) is 8.92. The SMILES string of the molecule is COc1ccc(S(=O)(=O)N(CC(=O)N/N=C\c2cccc(OC)c2O)c2ccccc2)cc1OC. The van der Waals surface area contributed by atoms with E-state index in [1.807, 2.05) is 0 Å². The van der Waals surface area contributed by atoms with Gasteiger partial charge in [0.25, 0.3) is 15.9 Å². The molecule has 0 heterocycles. The van der Waals surface area contributed by atoms with Crippen LogP contribution < -0.4 is 23.9 Å². The lowest BCUT2D eigenvalue weighted by atomic mass is 10.2. The molecule has 0 aliphatic rings. The smallest absolute Gasteiger partial charge is 0.264 e. The van der Waals surface area contributed by atoms with Gasteiger partial charge in [-0.25, -0.2) is 13.8 Å². The van der Waals surface area contributed by atoms with Crippen molar-refractivity contribution in [3.63, 3.8) is 0 Å². The number of ether oxygens (including phenoxy) is 3. The van der Waals surface area contributed by atoms with Crippen molar-refractivity contribution in [1.29, 1.82) is 0 Å². The number of para-hydroxylation sites is 2. The highest BCUT2D eigenvalue weighted by atomic mass is 32.2. The first-order valence-electron chi connectivity index (χ1n) is 10.3. The first-order chi connectivity index (χ1) is 16.8. The number of carbonyl (C=O) groups excluding carboxylic acids is 1. The number of nitrogens with zero attached hydrogens (tertiary/aromatic N) is 2. The number of carbonyl (C=O) groups is 1. The maximum atomic E-state index is 13.5. The van der Waals surface area contributed by atoms with Gasteiger partial charge in [0.15, 0.2) is 23.0 Å². The predicted molar refractivity (Wildman–Crippen MR) is 131 cm³/mol. The summed E-state index contributed by atoms with van der Waals surface area (Å²) in [5.41, 5.74) is 2.88. The Balaban J connectivity index is 1.86. The molecule has 0 radical (unpaired) electrons. The van der Waals surface area contributed by atoms with Crippen LogP contribution in [-0.4, -0.2) is 53.5 Å². The summed E-state index contributed by atoms with van der Waals surface area (Å²) in [5, 5.41) is 14.0. The van der Waals surface area contributed by atoms with E-state index in [9.17, 15) is 18.3 Å². The minimum Gasteiger partial charge on any atom is -0.504 e. The molecule has 2 N–H and O–H groups in total. The Morgan fingerprint density at radius 3 is 2.29 bits per heavy atom. The Morgan fingerprint density at radius 2 is 1.63 bits per heavy atom. The summed E-state index contributed by atoms with van der Waals surface area (Å²) in [4.78, 5) is 12.6. The second kappa shape index (κ2) is 11.3. The maximum Gasteiger partial charge on any atom is 0.264 e. The molecule has 3 rings (SSSR count). The number of phenols is 1. The summed E-state index contributed by atoms with van der Waals surface area (Å²) < 4.78 is 43.4. The molecule has 0 fully saturated rings. The van der Waals surface area contributed by atoms with Gasteiger partial charge < -0.3 is 19.3 Å². The number of aromatic hydroxyl groups is 1. The molecular weight excluding hydrogens is 474 g/mol. The van der Waals surface area contributed by atoms with E-state index in [2.05, 4.69) is 10.5 Å². The van der Waals surface area contributed by atoms with Crippen LogP contribution in [0.25, 0.3) is 0 Å². The van der Waals surface area contributed by atoms with E-state index in [-0.39, 0.29) is 27.8 Å². The Bertz CT molecular complexity index is 1310. The topological polar surface area (TPSA) is 127 Å². The Kier molecular flexibility index (Phi) is 8.16. The Morgan fingerprint density at radius 1 is 0.943 bits per heavy atom. The molecule has 0 aliphatic carbocycles. The van der Waals surface area contributed by atoms with Crippen molar-refractivity contribution >= 4 is 27.8 Å². The zero-order valence-corrected chi connectivity index (χ0v) is 20.2. The molecule has 0 atom stereocenters. The van der Waals surface area contributed by atoms with E-state index in [4.69, 9.17) is 14.2 Å². The van der Waals surface area contributed by atoms with Gasteiger partial charge in [-0.2, -0.15) is 5.10 Å². The molecule has 1 amide bonds. The number of nitrogens with one attached hydrogen (secondary N) is 1. The third kappa shape index (κ3) is 5.82. The molecular formula is C24H25N3O7S. The highest BCUT2D eigenvalue weighted by Crippen LogP contribution is 2.32. The Hall–Kier alpha value is -4.25. The third-order valence-corrected chi connectivity index (χ3v) is 6.69. The summed E-state index contributed by atoms with van der Waals surface area (Å²) in [5.74, 6) is 0.00217. The van der Waals surface area contributed by atoms with Gasteiger partial charge in [-0.05, 0) is 36.4 Å². The highest BCUT2D eigenvalue weighted by molar-refractivity contribution is 7.92. The van der Waals surface area contributed by atoms with Gasteiger partial charge in [-0.3, -0.25) is 9.10 Å². The molecule has 0 bridgehead atoms. The van der Waals surface area contributed by atoms with E-state index in [0.29, 0.717) is 11.3 Å². The zero-order valence-electron chi connectivity index (χ0n) is 19.3. The molecule has 3 aromatic carbocycles. The summed E-state index contributed by atoms with van der Waals surface area (Å²) in [6.07, 6.45) is 1.23. The fourth-order valence-corrected chi connectivity index (χ4v) is 4.60. The molecule has 184 valence electrons. The number of sulfonamides is 1. The van der Waals surface area contributed by atoms with Gasteiger partial charge in [0.05, 0.1) is 38.1 Å². The molecule has 11 heteroatoms. The summed E-state index contributed by atoms with van der Waals surface area (Å²) >= 11 is 0. The van der Waals surface area contributed by atoms with E-state index >= 15 is 0 Å². The van der Waals surface area contributed by atoms with Gasteiger partial charge in [0.2, 0.25) is 0 Å². The summed E-state index contributed by atoms with van der Waals surface area (Å²) in [7, 11) is 0.0808. The van der Waals surface area contributed by atoms with Crippen molar-refractivity contribution in [3.8, 4) is 23.0 Å². The van der Waals surface area contributed by atoms with Gasteiger partial charge in [-0.15, -0.1) is 0 Å². The average Bonchev–Trinajstić information content (AvgIpc) is 2.88. The molecule has 0 aromatic heterocycles. The molecule has 35 heavy (non-hydrogen) atoms. The van der Waals surface area contributed by atoms with Crippen molar-refractivity contribution in [1.82, 2.24) is 5.43 Å². The standard InChI is InChI=1S/C24H25N3O7S/c1-32-20-13-12-19(14-22(20)34-3)35(30,31)27(18-9-5-4-6-10-18)16-23(28)26-25-15-17-8-7-11-21(33-2)24(17)29/h4-15,29H,16H2,1-3H3,(H,26,28)/b25-15-. The van der Waals surface area contributed by atoms with Crippen molar-refractivity contribution in [3.05, 3.63) is 72.3 Å². The summed E-state index contributed by atoms with van der Waals surface area (Å²) in [6, 6.07) is 17.2. The van der Waals surface area contributed by atoms with Crippen LogP contribution in [0.4, 0.5) is 5.69 Å². The number of hydrazone groups is 1. The molecule has 0 saturated heterocycles. The third-order valence-electron chi connectivity index (χ3n) is 4.92. The van der Waals surface area contributed by atoms with Crippen LogP contribution in [0.2, 0.25) is 0 Å². The van der Waals surface area contributed by atoms with Crippen LogP contribution in [-0.2, 0) is 14.8 Å². The van der Waals surface area contributed by atoms with Crippen molar-refractivity contribution < 1.29 is 32.5 Å². The lowest BCUT2D eigenvalue weighted by Gasteiger charge is -2.24. The number of hydrogen-bond donors (Lipinski definition) is 2. The van der Waals surface area contributed by atoms with Crippen LogP contribution in [0.1, 0.15) is 5.56 Å². The van der Waals surface area contributed by atoms with Crippen molar-refractivity contribution in [2.75, 3.05) is 32.2 Å². The van der Waals surface area contributed by atoms with Crippen LogP contribution in [0.15, 0.2) is 76.7 Å². The Labute approximate surface area is 203 Å². The first kappa shape index (κ1) is 25.4. The maximum absolute atomic E-state index is 13.5. The molecule has 0 unspecified atom stereocenters. The zero-order chi connectivity index (χ0) is 25.4. The second-order valence-electron chi connectivity index (χ2n) is 7.06. The predicted octanol–water partition coefficient (Wildman–Crippen LogP) is 2.76. The van der Waals surface area contributed by atoms with E-state index in [1.54, 1.807) is 48.5 Å². The molecule has 0 saturated carbocycles. The van der Waals surface area contributed by atoms with Gasteiger partial charge in [0.1, 0.15) is 6.54 Å². The summed E-state index contributed by atoms with van der Waals surface area (Å²) in [6.45, 7) is -0.553. The molecule has 0 spiro atoms. The van der Waals surface area contributed by atoms with E-state index < -0.39 is 22.5 Å². The van der Waals surface area contributed by atoms with Gasteiger partial charge in [-0.1, -0.05) is 24.3 Å². The number of benzene rings is 3. The van der Waals surface area contributed by atoms with E-state index in [1.165, 1.54) is 45.7 Å². The fraction of sp³-hybridized carbons (Fsp3) is 0.167. The molecule has 10 nitrogen and oxygen atoms in total. The van der Waals surface area contributed by atoms with Crippen LogP contribution in [0.3, 0.4) is 0 Å². The highest BCUT2D eigenvalue weighted by Gasteiger charge is 2.28. The average molecular weight is 500 g/mol. The van der Waals surface area contributed by atoms with Crippen LogP contribution in [0.5, 0.6) is 23.0 Å². The number of phenolic OH excluding ortho intramolecular Hbond substituents is 1.